The lowest BCUT2D eigenvalue weighted by molar-refractivity contribution is 0.102. The summed E-state index contributed by atoms with van der Waals surface area (Å²) in [5, 5.41) is 11.9. The van der Waals surface area contributed by atoms with Crippen molar-refractivity contribution < 1.29 is 9.53 Å². The fraction of sp³-hybridized carbons (Fsp3) is 0.176. The van der Waals surface area contributed by atoms with Gasteiger partial charge in [-0.1, -0.05) is 22.7 Å². The number of anilines is 1. The number of nitrogens with zero attached hydrogens (tertiary/aromatic N) is 4. The van der Waals surface area contributed by atoms with Crippen LogP contribution >= 0.6 is 22.7 Å². The lowest BCUT2D eigenvalue weighted by Gasteiger charge is -2.01. The third kappa shape index (κ3) is 2.95. The number of amides is 1. The van der Waals surface area contributed by atoms with Gasteiger partial charge in [0, 0.05) is 17.5 Å². The molecular formula is C17H15N5O2S2. The molecule has 1 amide bonds. The molecule has 0 aliphatic heterocycles. The summed E-state index contributed by atoms with van der Waals surface area (Å²) in [5.41, 5.74) is 2.70. The standard InChI is InChI=1S/C17H15N5O2S2/c1-9-14(15(23)19-16-21-20-10(2)25-16)26-17-18-13(8-22(9)17)11-4-6-12(24-3)7-5-11/h4-8H,1-3H3,(H,19,21,23). The van der Waals surface area contributed by atoms with Crippen LogP contribution in [0.2, 0.25) is 0 Å². The summed E-state index contributed by atoms with van der Waals surface area (Å²) in [5.74, 6) is 0.608. The van der Waals surface area contributed by atoms with Gasteiger partial charge in [-0.05, 0) is 38.1 Å². The van der Waals surface area contributed by atoms with Crippen LogP contribution in [0.25, 0.3) is 16.2 Å². The quantitative estimate of drug-likeness (QED) is 0.578. The predicted molar refractivity (Wildman–Crippen MR) is 102 cm³/mol. The molecule has 26 heavy (non-hydrogen) atoms. The second kappa shape index (κ2) is 6.50. The lowest BCUT2D eigenvalue weighted by Crippen LogP contribution is -2.11. The number of benzene rings is 1. The van der Waals surface area contributed by atoms with E-state index in [4.69, 9.17) is 4.74 Å². The van der Waals surface area contributed by atoms with Crippen molar-refractivity contribution in [3.05, 3.63) is 46.0 Å². The second-order valence-corrected chi connectivity index (χ2v) is 7.76. The summed E-state index contributed by atoms with van der Waals surface area (Å²) in [6.45, 7) is 3.75. The minimum absolute atomic E-state index is 0.194. The molecule has 0 spiro atoms. The van der Waals surface area contributed by atoms with E-state index in [2.05, 4.69) is 20.5 Å². The zero-order chi connectivity index (χ0) is 18.3. The van der Waals surface area contributed by atoms with E-state index in [9.17, 15) is 4.79 Å². The monoisotopic (exact) mass is 385 g/mol. The molecule has 3 heterocycles. The number of imidazole rings is 1. The van der Waals surface area contributed by atoms with Gasteiger partial charge in [0.15, 0.2) is 4.96 Å². The Hall–Kier alpha value is -2.78. The summed E-state index contributed by atoms with van der Waals surface area (Å²) in [7, 11) is 1.64. The maximum absolute atomic E-state index is 12.5. The van der Waals surface area contributed by atoms with Gasteiger partial charge in [-0.15, -0.1) is 10.2 Å². The van der Waals surface area contributed by atoms with Gasteiger partial charge in [0.2, 0.25) is 5.13 Å². The number of fused-ring (bicyclic) bond motifs is 1. The van der Waals surface area contributed by atoms with Crippen LogP contribution in [0.1, 0.15) is 20.4 Å². The van der Waals surface area contributed by atoms with E-state index in [1.165, 1.54) is 22.7 Å². The van der Waals surface area contributed by atoms with Gasteiger partial charge >= 0.3 is 0 Å². The highest BCUT2D eigenvalue weighted by atomic mass is 32.1. The first-order valence-corrected chi connectivity index (χ1v) is 9.43. The molecule has 0 aliphatic rings. The largest absolute Gasteiger partial charge is 0.497 e. The summed E-state index contributed by atoms with van der Waals surface area (Å²) < 4.78 is 7.12. The fourth-order valence-corrected chi connectivity index (χ4v) is 4.15. The van der Waals surface area contributed by atoms with E-state index in [1.807, 2.05) is 48.7 Å². The number of aryl methyl sites for hydroxylation is 2. The van der Waals surface area contributed by atoms with Crippen molar-refractivity contribution in [3.63, 3.8) is 0 Å². The average Bonchev–Trinajstić information content (AvgIpc) is 3.32. The van der Waals surface area contributed by atoms with E-state index in [0.29, 0.717) is 10.0 Å². The number of carbonyl (C=O) groups excluding carboxylic acids is 1. The first-order chi connectivity index (χ1) is 12.5. The van der Waals surface area contributed by atoms with Crippen molar-refractivity contribution in [1.82, 2.24) is 19.6 Å². The Kier molecular flexibility index (Phi) is 4.17. The van der Waals surface area contributed by atoms with Crippen LogP contribution in [-0.4, -0.2) is 32.6 Å². The summed E-state index contributed by atoms with van der Waals surface area (Å²) in [6.07, 6.45) is 1.94. The van der Waals surface area contributed by atoms with Crippen LogP contribution < -0.4 is 10.1 Å². The highest BCUT2D eigenvalue weighted by Crippen LogP contribution is 2.28. The Labute approximate surface area is 157 Å². The Morgan fingerprint density at radius 2 is 1.92 bits per heavy atom. The van der Waals surface area contributed by atoms with Crippen molar-refractivity contribution in [1.29, 1.82) is 0 Å². The molecule has 0 fully saturated rings. The van der Waals surface area contributed by atoms with Gasteiger partial charge in [0.1, 0.15) is 15.6 Å². The normalized spacial score (nSPS) is 11.0. The number of hydrogen-bond acceptors (Lipinski definition) is 7. The van der Waals surface area contributed by atoms with E-state index in [-0.39, 0.29) is 5.91 Å². The van der Waals surface area contributed by atoms with Crippen LogP contribution in [-0.2, 0) is 0 Å². The Morgan fingerprint density at radius 1 is 1.15 bits per heavy atom. The molecule has 0 saturated heterocycles. The van der Waals surface area contributed by atoms with Crippen LogP contribution in [0.15, 0.2) is 30.5 Å². The molecule has 0 unspecified atom stereocenters. The fourth-order valence-electron chi connectivity index (χ4n) is 2.56. The summed E-state index contributed by atoms with van der Waals surface area (Å²) >= 11 is 2.70. The van der Waals surface area contributed by atoms with Crippen molar-refractivity contribution in [2.24, 2.45) is 0 Å². The Bertz CT molecular complexity index is 1090. The molecule has 9 heteroatoms. The number of carbonyl (C=O) groups is 1. The van der Waals surface area contributed by atoms with E-state index in [0.717, 1.165) is 32.7 Å². The minimum Gasteiger partial charge on any atom is -0.497 e. The van der Waals surface area contributed by atoms with Gasteiger partial charge in [0.05, 0.1) is 12.8 Å². The maximum atomic E-state index is 12.5. The number of thiazole rings is 1. The second-order valence-electron chi connectivity index (χ2n) is 5.60. The molecular weight excluding hydrogens is 370 g/mol. The molecule has 4 rings (SSSR count). The van der Waals surface area contributed by atoms with E-state index in [1.54, 1.807) is 7.11 Å². The van der Waals surface area contributed by atoms with E-state index < -0.39 is 0 Å². The number of hydrogen-bond donors (Lipinski definition) is 1. The van der Waals surface area contributed by atoms with Gasteiger partial charge in [-0.3, -0.25) is 14.5 Å². The van der Waals surface area contributed by atoms with E-state index >= 15 is 0 Å². The zero-order valence-electron chi connectivity index (χ0n) is 14.3. The molecule has 1 N–H and O–H groups in total. The molecule has 0 saturated carbocycles. The number of ether oxygens (including phenoxy) is 1. The molecule has 0 bridgehead atoms. The zero-order valence-corrected chi connectivity index (χ0v) is 15.9. The number of aromatic nitrogens is 4. The lowest BCUT2D eigenvalue weighted by atomic mass is 10.2. The van der Waals surface area contributed by atoms with Gasteiger partial charge < -0.3 is 4.74 Å². The third-order valence-electron chi connectivity index (χ3n) is 3.90. The van der Waals surface area contributed by atoms with Gasteiger partial charge in [-0.2, -0.15) is 0 Å². The average molecular weight is 385 g/mol. The Morgan fingerprint density at radius 3 is 2.54 bits per heavy atom. The van der Waals surface area contributed by atoms with Crippen molar-refractivity contribution in [3.8, 4) is 17.0 Å². The van der Waals surface area contributed by atoms with Crippen LogP contribution in [0.5, 0.6) is 5.75 Å². The number of nitrogens with one attached hydrogen (secondary N) is 1. The molecule has 4 aromatic rings. The first kappa shape index (κ1) is 16.7. The molecule has 7 nitrogen and oxygen atoms in total. The molecule has 3 aromatic heterocycles. The third-order valence-corrected chi connectivity index (χ3v) is 5.80. The molecule has 1 aromatic carbocycles. The SMILES string of the molecule is COc1ccc(-c2cn3c(C)c(C(=O)Nc4nnc(C)s4)sc3n2)cc1. The van der Waals surface area contributed by atoms with Crippen LogP contribution in [0.3, 0.4) is 0 Å². The summed E-state index contributed by atoms with van der Waals surface area (Å²) in [4.78, 5) is 18.6. The minimum atomic E-state index is -0.194. The molecule has 0 atom stereocenters. The van der Waals surface area contributed by atoms with Crippen molar-refractivity contribution in [2.75, 3.05) is 12.4 Å². The van der Waals surface area contributed by atoms with Gasteiger partial charge in [-0.25, -0.2) is 4.98 Å². The highest BCUT2D eigenvalue weighted by molar-refractivity contribution is 7.19. The van der Waals surface area contributed by atoms with Gasteiger partial charge in [0.25, 0.3) is 5.91 Å². The first-order valence-electron chi connectivity index (χ1n) is 7.79. The number of rotatable bonds is 4. The number of methoxy groups -OCH3 is 1. The van der Waals surface area contributed by atoms with Crippen molar-refractivity contribution in [2.45, 2.75) is 13.8 Å². The Balaban J connectivity index is 1.63. The molecule has 0 aliphatic carbocycles. The highest BCUT2D eigenvalue weighted by Gasteiger charge is 2.19. The topological polar surface area (TPSA) is 81.4 Å². The predicted octanol–water partition coefficient (Wildman–Crippen LogP) is 3.79. The molecule has 132 valence electrons. The van der Waals surface area contributed by atoms with Crippen molar-refractivity contribution >= 4 is 38.7 Å². The summed E-state index contributed by atoms with van der Waals surface area (Å²) in [6, 6.07) is 7.73. The smallest absolute Gasteiger partial charge is 0.269 e. The van der Waals surface area contributed by atoms with Crippen LogP contribution in [0, 0.1) is 13.8 Å². The van der Waals surface area contributed by atoms with Crippen LogP contribution in [0.4, 0.5) is 5.13 Å². The molecule has 0 radical (unpaired) electrons. The maximum Gasteiger partial charge on any atom is 0.269 e.